The summed E-state index contributed by atoms with van der Waals surface area (Å²) in [6.45, 7) is 4.23. The zero-order valence-electron chi connectivity index (χ0n) is 7.22. The lowest BCUT2D eigenvalue weighted by atomic mass is 9.89. The Morgan fingerprint density at radius 1 is 1.45 bits per heavy atom. The standard InChI is InChI=1S/C10H15N/c1-3-8-6-5-7-9(4-2)10(8)11/h5-8,11H,3-4H2,1-2H3. The number of allylic oxidation sites excluding steroid dienone is 4. The summed E-state index contributed by atoms with van der Waals surface area (Å²) in [5.41, 5.74) is 2.01. The molecule has 0 spiro atoms. The monoisotopic (exact) mass is 149 g/mol. The van der Waals surface area contributed by atoms with Gasteiger partial charge < -0.3 is 5.41 Å². The molecule has 1 unspecified atom stereocenters. The number of rotatable bonds is 2. The van der Waals surface area contributed by atoms with Gasteiger partial charge in [-0.2, -0.15) is 0 Å². The van der Waals surface area contributed by atoms with Crippen LogP contribution in [0.1, 0.15) is 26.7 Å². The highest BCUT2D eigenvalue weighted by atomic mass is 14.5. The van der Waals surface area contributed by atoms with Crippen LogP contribution < -0.4 is 0 Å². The van der Waals surface area contributed by atoms with Crippen molar-refractivity contribution in [1.82, 2.24) is 0 Å². The second kappa shape index (κ2) is 3.51. The van der Waals surface area contributed by atoms with Crippen LogP contribution in [0.2, 0.25) is 0 Å². The molecule has 0 aromatic rings. The molecule has 0 aliphatic heterocycles. The highest BCUT2D eigenvalue weighted by Gasteiger charge is 2.14. The van der Waals surface area contributed by atoms with Gasteiger partial charge in [0.05, 0.1) is 0 Å². The van der Waals surface area contributed by atoms with Gasteiger partial charge in [0.15, 0.2) is 0 Å². The molecular formula is C10H15N. The van der Waals surface area contributed by atoms with Crippen LogP contribution in [0.3, 0.4) is 0 Å². The molecule has 0 saturated carbocycles. The molecule has 60 valence electrons. The average Bonchev–Trinajstić information content (AvgIpc) is 2.05. The van der Waals surface area contributed by atoms with Crippen LogP contribution in [0.25, 0.3) is 0 Å². The van der Waals surface area contributed by atoms with Gasteiger partial charge in [0, 0.05) is 11.6 Å². The molecule has 1 aliphatic rings. The highest BCUT2D eigenvalue weighted by molar-refractivity contribution is 6.01. The summed E-state index contributed by atoms with van der Waals surface area (Å²) in [6.07, 6.45) is 8.27. The summed E-state index contributed by atoms with van der Waals surface area (Å²) in [5.74, 6) is 0.370. The Labute approximate surface area is 68.3 Å². The third kappa shape index (κ3) is 1.59. The summed E-state index contributed by atoms with van der Waals surface area (Å²) in [5, 5.41) is 7.78. The van der Waals surface area contributed by atoms with Crippen LogP contribution >= 0.6 is 0 Å². The van der Waals surface area contributed by atoms with E-state index in [1.807, 2.05) is 0 Å². The third-order valence-corrected chi connectivity index (χ3v) is 2.18. The molecule has 1 nitrogen and oxygen atoms in total. The normalized spacial score (nSPS) is 23.6. The summed E-state index contributed by atoms with van der Waals surface area (Å²) in [4.78, 5) is 0. The smallest absolute Gasteiger partial charge is 0.0414 e. The second-order valence-corrected chi connectivity index (χ2v) is 2.86. The maximum Gasteiger partial charge on any atom is 0.0414 e. The third-order valence-electron chi connectivity index (χ3n) is 2.18. The van der Waals surface area contributed by atoms with Gasteiger partial charge >= 0.3 is 0 Å². The first-order valence-corrected chi connectivity index (χ1v) is 4.25. The van der Waals surface area contributed by atoms with E-state index < -0.39 is 0 Å². The molecule has 0 heterocycles. The molecule has 1 heteroatoms. The zero-order valence-corrected chi connectivity index (χ0v) is 7.22. The molecule has 0 aromatic carbocycles. The number of hydrogen-bond acceptors (Lipinski definition) is 1. The van der Waals surface area contributed by atoms with Crippen molar-refractivity contribution in [3.05, 3.63) is 23.8 Å². The van der Waals surface area contributed by atoms with Crippen molar-refractivity contribution in [2.45, 2.75) is 26.7 Å². The van der Waals surface area contributed by atoms with Crippen LogP contribution in [-0.4, -0.2) is 5.71 Å². The molecule has 0 aromatic heterocycles. The molecule has 0 amide bonds. The van der Waals surface area contributed by atoms with E-state index in [1.54, 1.807) is 0 Å². The molecular weight excluding hydrogens is 134 g/mol. The molecule has 1 N–H and O–H groups in total. The first kappa shape index (κ1) is 8.25. The summed E-state index contributed by atoms with van der Waals surface area (Å²) in [7, 11) is 0. The fourth-order valence-corrected chi connectivity index (χ4v) is 1.38. The molecule has 0 bridgehead atoms. The highest BCUT2D eigenvalue weighted by Crippen LogP contribution is 2.19. The van der Waals surface area contributed by atoms with E-state index in [-0.39, 0.29) is 0 Å². The largest absolute Gasteiger partial charge is 0.304 e. The zero-order chi connectivity index (χ0) is 8.27. The number of nitrogens with one attached hydrogen (secondary N) is 1. The predicted molar refractivity (Wildman–Crippen MR) is 49.0 cm³/mol. The van der Waals surface area contributed by atoms with E-state index in [4.69, 9.17) is 5.41 Å². The SMILES string of the molecule is CCC1=CC=CC(CC)C1=N. The van der Waals surface area contributed by atoms with Crippen molar-refractivity contribution in [2.75, 3.05) is 0 Å². The van der Waals surface area contributed by atoms with E-state index >= 15 is 0 Å². The molecule has 11 heavy (non-hydrogen) atoms. The molecule has 1 rings (SSSR count). The van der Waals surface area contributed by atoms with Crippen molar-refractivity contribution in [1.29, 1.82) is 5.41 Å². The van der Waals surface area contributed by atoms with E-state index in [0.29, 0.717) is 5.92 Å². The lowest BCUT2D eigenvalue weighted by Gasteiger charge is -2.17. The van der Waals surface area contributed by atoms with Gasteiger partial charge in [0.2, 0.25) is 0 Å². The predicted octanol–water partition coefficient (Wildman–Crippen LogP) is 2.94. The van der Waals surface area contributed by atoms with E-state index in [2.05, 4.69) is 32.1 Å². The fourth-order valence-electron chi connectivity index (χ4n) is 1.38. The Bertz CT molecular complexity index is 211. The topological polar surface area (TPSA) is 23.9 Å². The molecule has 0 radical (unpaired) electrons. The number of hydrogen-bond donors (Lipinski definition) is 1. The van der Waals surface area contributed by atoms with Crippen molar-refractivity contribution >= 4 is 5.71 Å². The van der Waals surface area contributed by atoms with Gasteiger partial charge in [-0.25, -0.2) is 0 Å². The minimum absolute atomic E-state index is 0.370. The van der Waals surface area contributed by atoms with Crippen LogP contribution in [0, 0.1) is 11.3 Å². The minimum atomic E-state index is 0.370. The summed E-state index contributed by atoms with van der Waals surface area (Å²) in [6, 6.07) is 0. The van der Waals surface area contributed by atoms with Crippen LogP contribution in [0.4, 0.5) is 0 Å². The second-order valence-electron chi connectivity index (χ2n) is 2.86. The van der Waals surface area contributed by atoms with Crippen molar-refractivity contribution < 1.29 is 0 Å². The first-order valence-electron chi connectivity index (χ1n) is 4.25. The molecule has 1 atom stereocenters. The van der Waals surface area contributed by atoms with Gasteiger partial charge in [-0.1, -0.05) is 32.1 Å². The Balaban J connectivity index is 2.77. The first-order chi connectivity index (χ1) is 5.29. The lowest BCUT2D eigenvalue weighted by Crippen LogP contribution is -2.14. The lowest BCUT2D eigenvalue weighted by molar-refractivity contribution is 0.800. The summed E-state index contributed by atoms with van der Waals surface area (Å²) >= 11 is 0. The van der Waals surface area contributed by atoms with Gasteiger partial charge in [-0.05, 0) is 18.4 Å². The van der Waals surface area contributed by atoms with Crippen LogP contribution in [-0.2, 0) is 0 Å². The van der Waals surface area contributed by atoms with Crippen LogP contribution in [0.15, 0.2) is 23.8 Å². The Morgan fingerprint density at radius 3 is 2.73 bits per heavy atom. The average molecular weight is 149 g/mol. The van der Waals surface area contributed by atoms with Gasteiger partial charge in [-0.15, -0.1) is 0 Å². The maximum atomic E-state index is 7.78. The van der Waals surface area contributed by atoms with Crippen molar-refractivity contribution in [3.8, 4) is 0 Å². The quantitative estimate of drug-likeness (QED) is 0.624. The Kier molecular flexibility index (Phi) is 2.64. The Morgan fingerprint density at radius 2 is 2.18 bits per heavy atom. The molecule has 1 aliphatic carbocycles. The summed E-state index contributed by atoms with van der Waals surface area (Å²) < 4.78 is 0. The minimum Gasteiger partial charge on any atom is -0.304 e. The fraction of sp³-hybridized carbons (Fsp3) is 0.500. The van der Waals surface area contributed by atoms with Crippen molar-refractivity contribution in [2.24, 2.45) is 5.92 Å². The van der Waals surface area contributed by atoms with Crippen LogP contribution in [0.5, 0.6) is 0 Å². The maximum absolute atomic E-state index is 7.78. The van der Waals surface area contributed by atoms with Crippen molar-refractivity contribution in [3.63, 3.8) is 0 Å². The molecule has 0 fully saturated rings. The van der Waals surface area contributed by atoms with E-state index in [0.717, 1.165) is 18.6 Å². The van der Waals surface area contributed by atoms with Gasteiger partial charge in [0.25, 0.3) is 0 Å². The van der Waals surface area contributed by atoms with E-state index in [9.17, 15) is 0 Å². The molecule has 0 saturated heterocycles. The van der Waals surface area contributed by atoms with E-state index in [1.165, 1.54) is 5.57 Å². The van der Waals surface area contributed by atoms with Gasteiger partial charge in [0.1, 0.15) is 0 Å². The Hall–Kier alpha value is -0.850. The van der Waals surface area contributed by atoms with Gasteiger partial charge in [-0.3, -0.25) is 0 Å².